The van der Waals surface area contributed by atoms with Crippen LogP contribution >= 0.6 is 11.9 Å². The van der Waals surface area contributed by atoms with Gasteiger partial charge in [-0.3, -0.25) is 5.41 Å². The van der Waals surface area contributed by atoms with E-state index in [4.69, 9.17) is 15.9 Å². The SMILES string of the molecule is CCCCN(SC(=N)N)C(=O)OCC. The molecule has 0 atom stereocenters. The van der Waals surface area contributed by atoms with Gasteiger partial charge in [0, 0.05) is 18.5 Å². The van der Waals surface area contributed by atoms with Gasteiger partial charge in [-0.05, 0) is 13.3 Å². The summed E-state index contributed by atoms with van der Waals surface area (Å²) in [6, 6.07) is 0. The van der Waals surface area contributed by atoms with E-state index in [0.717, 1.165) is 24.8 Å². The van der Waals surface area contributed by atoms with Crippen molar-refractivity contribution in [2.45, 2.75) is 26.7 Å². The molecule has 0 saturated carbocycles. The molecule has 0 aromatic heterocycles. The highest BCUT2D eigenvalue weighted by atomic mass is 32.2. The molecular formula is C8H17N3O2S. The number of carbonyl (C=O) groups excluding carboxylic acids is 1. The average Bonchev–Trinajstić information content (AvgIpc) is 2.12. The van der Waals surface area contributed by atoms with Crippen LogP contribution in [0, 0.1) is 5.41 Å². The van der Waals surface area contributed by atoms with Crippen LogP contribution in [0.3, 0.4) is 0 Å². The lowest BCUT2D eigenvalue weighted by molar-refractivity contribution is 0.133. The van der Waals surface area contributed by atoms with Crippen LogP contribution < -0.4 is 5.73 Å². The number of rotatable bonds is 4. The molecule has 0 aromatic carbocycles. The molecule has 0 heterocycles. The predicted molar refractivity (Wildman–Crippen MR) is 58.1 cm³/mol. The minimum Gasteiger partial charge on any atom is -0.449 e. The Morgan fingerprint density at radius 1 is 1.57 bits per heavy atom. The zero-order valence-electron chi connectivity index (χ0n) is 8.58. The summed E-state index contributed by atoms with van der Waals surface area (Å²) in [6.45, 7) is 4.66. The Kier molecular flexibility index (Phi) is 7.00. The van der Waals surface area contributed by atoms with Crippen molar-refractivity contribution in [1.82, 2.24) is 4.31 Å². The Labute approximate surface area is 88.6 Å². The van der Waals surface area contributed by atoms with Gasteiger partial charge in [-0.1, -0.05) is 13.3 Å². The number of carbonyl (C=O) groups is 1. The lowest BCUT2D eigenvalue weighted by Crippen LogP contribution is -2.29. The highest BCUT2D eigenvalue weighted by Crippen LogP contribution is 2.12. The molecule has 5 nitrogen and oxygen atoms in total. The van der Waals surface area contributed by atoms with E-state index in [0.29, 0.717) is 13.2 Å². The highest BCUT2D eigenvalue weighted by molar-refractivity contribution is 8.12. The summed E-state index contributed by atoms with van der Waals surface area (Å²) in [5.41, 5.74) is 5.20. The third-order valence-corrected chi connectivity index (χ3v) is 2.14. The monoisotopic (exact) mass is 219 g/mol. The molecule has 0 saturated heterocycles. The molecule has 6 heteroatoms. The van der Waals surface area contributed by atoms with E-state index in [-0.39, 0.29) is 5.17 Å². The first-order chi connectivity index (χ1) is 6.61. The number of amidine groups is 1. The maximum Gasteiger partial charge on any atom is 0.420 e. The molecule has 3 N–H and O–H groups in total. The quantitative estimate of drug-likeness (QED) is 0.429. The van der Waals surface area contributed by atoms with Crippen LogP contribution in [0.25, 0.3) is 0 Å². The summed E-state index contributed by atoms with van der Waals surface area (Å²) in [6.07, 6.45) is 1.43. The van der Waals surface area contributed by atoms with Crippen molar-refractivity contribution in [1.29, 1.82) is 5.41 Å². The van der Waals surface area contributed by atoms with Gasteiger partial charge >= 0.3 is 6.09 Å². The Hall–Kier alpha value is -0.910. The molecule has 0 unspecified atom stereocenters. The number of nitrogens with one attached hydrogen (secondary N) is 1. The van der Waals surface area contributed by atoms with Crippen molar-refractivity contribution in [2.75, 3.05) is 13.2 Å². The standard InChI is InChI=1S/C8H17N3O2S/c1-3-5-6-11(14-7(9)10)8(12)13-4-2/h3-6H2,1-2H3,(H3,9,10). The third-order valence-electron chi connectivity index (χ3n) is 1.39. The van der Waals surface area contributed by atoms with Gasteiger partial charge in [-0.15, -0.1) is 0 Å². The molecule has 0 bridgehead atoms. The van der Waals surface area contributed by atoms with E-state index in [2.05, 4.69) is 0 Å². The fraction of sp³-hybridized carbons (Fsp3) is 0.750. The Morgan fingerprint density at radius 3 is 2.64 bits per heavy atom. The normalized spacial score (nSPS) is 9.57. The van der Waals surface area contributed by atoms with Crippen LogP contribution in [0.5, 0.6) is 0 Å². The smallest absolute Gasteiger partial charge is 0.420 e. The second kappa shape index (κ2) is 7.49. The molecule has 1 amide bonds. The molecule has 0 spiro atoms. The number of hydrogen-bond donors (Lipinski definition) is 2. The molecule has 0 aliphatic heterocycles. The fourth-order valence-electron chi connectivity index (χ4n) is 0.790. The van der Waals surface area contributed by atoms with Crippen LogP contribution in [0.1, 0.15) is 26.7 Å². The van der Waals surface area contributed by atoms with Crippen LogP contribution in [0.2, 0.25) is 0 Å². The first-order valence-corrected chi connectivity index (χ1v) is 5.35. The van der Waals surface area contributed by atoms with Gasteiger partial charge in [-0.25, -0.2) is 9.10 Å². The summed E-state index contributed by atoms with van der Waals surface area (Å²) in [7, 11) is 0. The van der Waals surface area contributed by atoms with E-state index in [9.17, 15) is 4.79 Å². The van der Waals surface area contributed by atoms with Gasteiger partial charge in [0.1, 0.15) is 0 Å². The number of nitrogens with two attached hydrogens (primary N) is 1. The van der Waals surface area contributed by atoms with Crippen molar-refractivity contribution >= 4 is 23.2 Å². The van der Waals surface area contributed by atoms with E-state index in [1.54, 1.807) is 6.92 Å². The van der Waals surface area contributed by atoms with E-state index < -0.39 is 6.09 Å². The van der Waals surface area contributed by atoms with Crippen molar-refractivity contribution < 1.29 is 9.53 Å². The Morgan fingerprint density at radius 2 is 2.21 bits per heavy atom. The van der Waals surface area contributed by atoms with Gasteiger partial charge in [-0.2, -0.15) is 0 Å². The lowest BCUT2D eigenvalue weighted by atomic mass is 10.3. The molecule has 0 aromatic rings. The number of ether oxygens (including phenoxy) is 1. The molecule has 0 aliphatic rings. The minimum absolute atomic E-state index is 0.103. The average molecular weight is 219 g/mol. The predicted octanol–water partition coefficient (Wildman–Crippen LogP) is 1.79. The van der Waals surface area contributed by atoms with E-state index >= 15 is 0 Å². The second-order valence-electron chi connectivity index (χ2n) is 2.61. The Bertz CT molecular complexity index is 199. The molecule has 0 aliphatic carbocycles. The van der Waals surface area contributed by atoms with Crippen molar-refractivity contribution in [3.8, 4) is 0 Å². The van der Waals surface area contributed by atoms with Crippen molar-refractivity contribution in [3.05, 3.63) is 0 Å². The first-order valence-electron chi connectivity index (χ1n) is 4.58. The van der Waals surface area contributed by atoms with E-state index in [1.165, 1.54) is 4.31 Å². The number of nitrogens with zero attached hydrogens (tertiary/aromatic N) is 1. The summed E-state index contributed by atoms with van der Waals surface area (Å²) < 4.78 is 6.19. The fourth-order valence-corrected chi connectivity index (χ4v) is 1.38. The summed E-state index contributed by atoms with van der Waals surface area (Å²) in [5, 5.41) is 6.97. The molecule has 0 radical (unpaired) electrons. The highest BCUT2D eigenvalue weighted by Gasteiger charge is 2.15. The van der Waals surface area contributed by atoms with Crippen LogP contribution in [-0.4, -0.2) is 28.7 Å². The van der Waals surface area contributed by atoms with Crippen molar-refractivity contribution in [2.24, 2.45) is 5.73 Å². The zero-order chi connectivity index (χ0) is 11.0. The molecule has 0 rings (SSSR count). The number of unbranched alkanes of at least 4 members (excludes halogenated alkanes) is 1. The summed E-state index contributed by atoms with van der Waals surface area (Å²) in [5.74, 6) is 0. The van der Waals surface area contributed by atoms with E-state index in [1.807, 2.05) is 6.92 Å². The maximum absolute atomic E-state index is 11.3. The largest absolute Gasteiger partial charge is 0.449 e. The van der Waals surface area contributed by atoms with Crippen LogP contribution in [0.4, 0.5) is 4.79 Å². The van der Waals surface area contributed by atoms with Gasteiger partial charge in [0.05, 0.1) is 6.61 Å². The van der Waals surface area contributed by atoms with Gasteiger partial charge < -0.3 is 10.5 Å². The van der Waals surface area contributed by atoms with Gasteiger partial charge in [0.25, 0.3) is 0 Å². The number of amides is 1. The maximum atomic E-state index is 11.3. The number of hydrogen-bond acceptors (Lipinski definition) is 4. The molecule has 0 fully saturated rings. The van der Waals surface area contributed by atoms with Gasteiger partial charge in [0.2, 0.25) is 0 Å². The lowest BCUT2D eigenvalue weighted by Gasteiger charge is -2.18. The van der Waals surface area contributed by atoms with Gasteiger partial charge in [0.15, 0.2) is 5.17 Å². The second-order valence-corrected chi connectivity index (χ2v) is 3.67. The molecule has 82 valence electrons. The van der Waals surface area contributed by atoms with Crippen LogP contribution in [-0.2, 0) is 4.74 Å². The zero-order valence-corrected chi connectivity index (χ0v) is 9.39. The summed E-state index contributed by atoms with van der Waals surface area (Å²) in [4.78, 5) is 11.3. The molecule has 14 heavy (non-hydrogen) atoms. The topological polar surface area (TPSA) is 79.4 Å². The minimum atomic E-state index is -0.429. The summed E-state index contributed by atoms with van der Waals surface area (Å²) >= 11 is 0.907. The first kappa shape index (κ1) is 13.1. The third kappa shape index (κ3) is 5.69. The van der Waals surface area contributed by atoms with Crippen molar-refractivity contribution in [3.63, 3.8) is 0 Å². The molecular weight excluding hydrogens is 202 g/mol. The Balaban J connectivity index is 4.08. The van der Waals surface area contributed by atoms with Crippen LogP contribution in [0.15, 0.2) is 0 Å².